The summed E-state index contributed by atoms with van der Waals surface area (Å²) in [5, 5.41) is 11.5. The van der Waals surface area contributed by atoms with Crippen molar-refractivity contribution in [1.82, 2.24) is 4.98 Å². The van der Waals surface area contributed by atoms with Crippen LogP contribution in [0.4, 0.5) is 5.82 Å². The van der Waals surface area contributed by atoms with Crippen LogP contribution in [0, 0.1) is 11.3 Å². The Hall–Kier alpha value is -1.02. The zero-order valence-corrected chi connectivity index (χ0v) is 9.07. The van der Waals surface area contributed by atoms with Gasteiger partial charge in [-0.25, -0.2) is 4.98 Å². The van der Waals surface area contributed by atoms with E-state index in [0.717, 1.165) is 0 Å². The van der Waals surface area contributed by atoms with Gasteiger partial charge in [0.15, 0.2) is 0 Å². The first-order valence-electron chi connectivity index (χ1n) is 3.67. The number of hydrogen-bond acceptors (Lipinski definition) is 4. The average molecular weight is 235 g/mol. The summed E-state index contributed by atoms with van der Waals surface area (Å²) in [6, 6.07) is 5.38. The number of nitrogens with two attached hydrogens (primary N) is 1. The van der Waals surface area contributed by atoms with Gasteiger partial charge in [-0.2, -0.15) is 5.26 Å². The number of halogens is 2. The maximum Gasteiger partial charge on any atom is 0.127 e. The summed E-state index contributed by atoms with van der Waals surface area (Å²) in [6.45, 7) is 1.22. The van der Waals surface area contributed by atoms with Crippen molar-refractivity contribution in [2.45, 2.75) is 0 Å². The van der Waals surface area contributed by atoms with Gasteiger partial charge < -0.3 is 11.1 Å². The minimum Gasteiger partial charge on any atom is -0.369 e. The molecule has 0 saturated heterocycles. The normalized spacial score (nSPS) is 7.71. The second-order valence-electron chi connectivity index (χ2n) is 2.26. The fourth-order valence-corrected chi connectivity index (χ4v) is 0.797. The van der Waals surface area contributed by atoms with Crippen molar-refractivity contribution in [3.63, 3.8) is 0 Å². The lowest BCUT2D eigenvalue weighted by atomic mass is 10.3. The molecular weight excluding hydrogens is 223 g/mol. The fraction of sp³-hybridized carbons (Fsp3) is 0.250. The van der Waals surface area contributed by atoms with Crippen LogP contribution in [0.5, 0.6) is 0 Å². The van der Waals surface area contributed by atoms with Crippen LogP contribution in [-0.4, -0.2) is 18.1 Å². The van der Waals surface area contributed by atoms with Crippen LogP contribution in [0.25, 0.3) is 0 Å². The predicted molar refractivity (Wildman–Crippen MR) is 61.0 cm³/mol. The monoisotopic (exact) mass is 234 g/mol. The Balaban J connectivity index is 0. The highest BCUT2D eigenvalue weighted by Gasteiger charge is 1.93. The molecule has 3 N–H and O–H groups in total. The molecule has 14 heavy (non-hydrogen) atoms. The first-order chi connectivity index (χ1) is 5.86. The first kappa shape index (κ1) is 15.5. The lowest BCUT2D eigenvalue weighted by Crippen LogP contribution is -2.13. The molecule has 0 fully saturated rings. The zero-order valence-electron chi connectivity index (χ0n) is 7.43. The third-order valence-electron chi connectivity index (χ3n) is 1.34. The van der Waals surface area contributed by atoms with Gasteiger partial charge in [0.05, 0.1) is 11.6 Å². The lowest BCUT2D eigenvalue weighted by Gasteiger charge is -2.01. The number of nitrogens with zero attached hydrogens (tertiary/aromatic N) is 2. The van der Waals surface area contributed by atoms with Crippen LogP contribution in [0.2, 0.25) is 0 Å². The summed E-state index contributed by atoms with van der Waals surface area (Å²) in [5.41, 5.74) is 5.89. The van der Waals surface area contributed by atoms with E-state index < -0.39 is 0 Å². The Morgan fingerprint density at radius 1 is 1.50 bits per heavy atom. The molecule has 0 aliphatic rings. The summed E-state index contributed by atoms with van der Waals surface area (Å²) in [6.07, 6.45) is 1.59. The van der Waals surface area contributed by atoms with Crippen molar-refractivity contribution in [3.8, 4) is 6.07 Å². The SMILES string of the molecule is Cl.Cl.N#Cc1ccnc(NCCN)c1. The summed E-state index contributed by atoms with van der Waals surface area (Å²) in [5.74, 6) is 0.694. The van der Waals surface area contributed by atoms with Crippen molar-refractivity contribution >= 4 is 30.6 Å². The summed E-state index contributed by atoms with van der Waals surface area (Å²) < 4.78 is 0. The number of pyridine rings is 1. The van der Waals surface area contributed by atoms with Gasteiger partial charge >= 0.3 is 0 Å². The highest BCUT2D eigenvalue weighted by Crippen LogP contribution is 2.04. The zero-order chi connectivity index (χ0) is 8.81. The molecule has 0 aromatic carbocycles. The van der Waals surface area contributed by atoms with Gasteiger partial charge in [0.1, 0.15) is 5.82 Å². The number of aromatic nitrogens is 1. The molecular formula is C8H12Cl2N4. The van der Waals surface area contributed by atoms with E-state index in [4.69, 9.17) is 11.0 Å². The minimum atomic E-state index is 0. The van der Waals surface area contributed by atoms with Gasteiger partial charge in [0.25, 0.3) is 0 Å². The van der Waals surface area contributed by atoms with E-state index in [0.29, 0.717) is 24.5 Å². The van der Waals surface area contributed by atoms with Crippen LogP contribution < -0.4 is 11.1 Å². The molecule has 78 valence electrons. The fourth-order valence-electron chi connectivity index (χ4n) is 0.797. The predicted octanol–water partition coefficient (Wildman–Crippen LogP) is 1.17. The topological polar surface area (TPSA) is 74.7 Å². The molecule has 0 spiro atoms. The molecule has 0 atom stereocenters. The highest BCUT2D eigenvalue weighted by atomic mass is 35.5. The Labute approximate surface area is 95.3 Å². The molecule has 1 aromatic rings. The largest absolute Gasteiger partial charge is 0.369 e. The van der Waals surface area contributed by atoms with Crippen LogP contribution in [0.15, 0.2) is 18.3 Å². The maximum absolute atomic E-state index is 8.56. The van der Waals surface area contributed by atoms with Gasteiger partial charge in [-0.15, -0.1) is 24.8 Å². The molecule has 0 bridgehead atoms. The van der Waals surface area contributed by atoms with Crippen molar-refractivity contribution in [1.29, 1.82) is 5.26 Å². The quantitative estimate of drug-likeness (QED) is 0.824. The molecule has 4 nitrogen and oxygen atoms in total. The molecule has 6 heteroatoms. The van der Waals surface area contributed by atoms with Gasteiger partial charge in [-0.1, -0.05) is 0 Å². The van der Waals surface area contributed by atoms with Crippen molar-refractivity contribution < 1.29 is 0 Å². The summed E-state index contributed by atoms with van der Waals surface area (Å²) in [7, 11) is 0. The van der Waals surface area contributed by atoms with Crippen LogP contribution in [0.3, 0.4) is 0 Å². The third-order valence-corrected chi connectivity index (χ3v) is 1.34. The molecule has 0 unspecified atom stereocenters. The molecule has 1 heterocycles. The van der Waals surface area contributed by atoms with Gasteiger partial charge in [0, 0.05) is 19.3 Å². The van der Waals surface area contributed by atoms with E-state index in [1.807, 2.05) is 6.07 Å². The van der Waals surface area contributed by atoms with Gasteiger partial charge in [-0.05, 0) is 12.1 Å². The maximum atomic E-state index is 8.56. The summed E-state index contributed by atoms with van der Waals surface area (Å²) in [4.78, 5) is 4.01. The van der Waals surface area contributed by atoms with Crippen LogP contribution >= 0.6 is 24.8 Å². The second-order valence-corrected chi connectivity index (χ2v) is 2.26. The van der Waals surface area contributed by atoms with E-state index in [1.165, 1.54) is 0 Å². The summed E-state index contributed by atoms with van der Waals surface area (Å²) >= 11 is 0. The van der Waals surface area contributed by atoms with E-state index in [1.54, 1.807) is 18.3 Å². The van der Waals surface area contributed by atoms with Gasteiger partial charge in [-0.3, -0.25) is 0 Å². The van der Waals surface area contributed by atoms with Crippen LogP contribution in [0.1, 0.15) is 5.56 Å². The minimum absolute atomic E-state index is 0. The molecule has 0 aliphatic heterocycles. The molecule has 0 aliphatic carbocycles. The molecule has 0 amide bonds. The van der Waals surface area contributed by atoms with Crippen molar-refractivity contribution in [3.05, 3.63) is 23.9 Å². The number of nitriles is 1. The Bertz CT molecular complexity index is 298. The molecule has 0 saturated carbocycles. The number of hydrogen-bond donors (Lipinski definition) is 2. The third kappa shape index (κ3) is 4.87. The van der Waals surface area contributed by atoms with Crippen LogP contribution in [-0.2, 0) is 0 Å². The average Bonchev–Trinajstić information content (AvgIpc) is 2.15. The Kier molecular flexibility index (Phi) is 9.46. The number of nitrogens with one attached hydrogen (secondary N) is 1. The smallest absolute Gasteiger partial charge is 0.127 e. The first-order valence-corrected chi connectivity index (χ1v) is 3.67. The number of rotatable bonds is 3. The van der Waals surface area contributed by atoms with E-state index >= 15 is 0 Å². The molecule has 0 radical (unpaired) electrons. The molecule has 1 aromatic heterocycles. The standard InChI is InChI=1S/C8H10N4.2ClH/c9-2-4-12-8-5-7(6-10)1-3-11-8;;/h1,3,5H,2,4,9H2,(H,11,12);2*1H. The Morgan fingerprint density at radius 3 is 2.79 bits per heavy atom. The van der Waals surface area contributed by atoms with E-state index in [-0.39, 0.29) is 24.8 Å². The highest BCUT2D eigenvalue weighted by molar-refractivity contribution is 5.85. The van der Waals surface area contributed by atoms with E-state index in [2.05, 4.69) is 10.3 Å². The van der Waals surface area contributed by atoms with Gasteiger partial charge in [0.2, 0.25) is 0 Å². The second kappa shape index (κ2) is 8.57. The van der Waals surface area contributed by atoms with E-state index in [9.17, 15) is 0 Å². The molecule has 1 rings (SSSR count). The Morgan fingerprint density at radius 2 is 2.21 bits per heavy atom. The lowest BCUT2D eigenvalue weighted by molar-refractivity contribution is 1.01. The number of anilines is 1. The van der Waals surface area contributed by atoms with Crippen molar-refractivity contribution in [2.75, 3.05) is 18.4 Å². The van der Waals surface area contributed by atoms with Crippen molar-refractivity contribution in [2.24, 2.45) is 5.73 Å².